The number of rotatable bonds is 9. The maximum absolute atomic E-state index is 10.9. The Morgan fingerprint density at radius 3 is 2.70 bits per heavy atom. The van der Waals surface area contributed by atoms with Crippen molar-refractivity contribution >= 4 is 11.6 Å². The van der Waals surface area contributed by atoms with Crippen LogP contribution in [-0.2, 0) is 16.1 Å². The van der Waals surface area contributed by atoms with Gasteiger partial charge < -0.3 is 15.4 Å². The topological polar surface area (TPSA) is 50.4 Å². The normalized spacial score (nSPS) is 14.2. The summed E-state index contributed by atoms with van der Waals surface area (Å²) in [6.45, 7) is 5.14. The van der Waals surface area contributed by atoms with Gasteiger partial charge in [-0.05, 0) is 49.4 Å². The van der Waals surface area contributed by atoms with Gasteiger partial charge in [-0.15, -0.1) is 0 Å². The summed E-state index contributed by atoms with van der Waals surface area (Å²) < 4.78 is 5.58. The van der Waals surface area contributed by atoms with E-state index in [9.17, 15) is 4.79 Å². The summed E-state index contributed by atoms with van der Waals surface area (Å²) in [5.74, 6) is 0.812. The lowest BCUT2D eigenvalue weighted by Gasteiger charge is -2.07. The first kappa shape index (κ1) is 15.0. The highest BCUT2D eigenvalue weighted by Gasteiger charge is 2.20. The highest BCUT2D eigenvalue weighted by atomic mass is 16.5. The van der Waals surface area contributed by atoms with Crippen LogP contribution in [0.3, 0.4) is 0 Å². The monoisotopic (exact) mass is 276 g/mol. The molecule has 0 heterocycles. The first-order valence-corrected chi connectivity index (χ1v) is 7.39. The molecular weight excluding hydrogens is 252 g/mol. The van der Waals surface area contributed by atoms with Gasteiger partial charge in [-0.2, -0.15) is 0 Å². The maximum atomic E-state index is 10.9. The van der Waals surface area contributed by atoms with Gasteiger partial charge in [0.2, 0.25) is 5.91 Å². The Balaban J connectivity index is 1.53. The molecule has 4 nitrogen and oxygen atoms in total. The zero-order valence-corrected chi connectivity index (χ0v) is 12.2. The fraction of sp³-hybridized carbons (Fsp3) is 0.562. The van der Waals surface area contributed by atoms with E-state index in [2.05, 4.69) is 10.6 Å². The number of carbonyl (C=O) groups excluding carboxylic acids is 1. The summed E-state index contributed by atoms with van der Waals surface area (Å²) in [6.07, 6.45) is 3.76. The standard InChI is InChI=1S/C16H24N2O2/c1-13(19)18-16-7-5-14(6-8-16)11-17-9-2-10-20-12-15-3-4-15/h5-8,15,17H,2-4,9-12H2,1H3,(H,18,19). The van der Waals surface area contributed by atoms with Crippen molar-refractivity contribution in [1.29, 1.82) is 0 Å². The molecule has 20 heavy (non-hydrogen) atoms. The molecule has 0 atom stereocenters. The molecule has 0 radical (unpaired) electrons. The van der Waals surface area contributed by atoms with Crippen molar-refractivity contribution in [3.8, 4) is 0 Å². The number of benzene rings is 1. The van der Waals surface area contributed by atoms with Crippen molar-refractivity contribution in [2.24, 2.45) is 5.92 Å². The van der Waals surface area contributed by atoms with Gasteiger partial charge in [-0.25, -0.2) is 0 Å². The van der Waals surface area contributed by atoms with Crippen molar-refractivity contribution in [2.75, 3.05) is 25.1 Å². The van der Waals surface area contributed by atoms with Crippen LogP contribution in [0, 0.1) is 5.92 Å². The van der Waals surface area contributed by atoms with Crippen molar-refractivity contribution in [2.45, 2.75) is 32.7 Å². The molecule has 1 aliphatic carbocycles. The van der Waals surface area contributed by atoms with Crippen molar-refractivity contribution < 1.29 is 9.53 Å². The Labute approximate surface area is 120 Å². The average Bonchev–Trinajstić information content (AvgIpc) is 3.23. The minimum atomic E-state index is -0.0397. The molecule has 1 aromatic carbocycles. The molecule has 0 aromatic heterocycles. The highest BCUT2D eigenvalue weighted by Crippen LogP contribution is 2.28. The van der Waals surface area contributed by atoms with Crippen LogP contribution < -0.4 is 10.6 Å². The Bertz CT molecular complexity index is 413. The first-order valence-electron chi connectivity index (χ1n) is 7.39. The van der Waals surface area contributed by atoms with Crippen LogP contribution >= 0.6 is 0 Å². The molecule has 0 aliphatic heterocycles. The number of hydrogen-bond acceptors (Lipinski definition) is 3. The van der Waals surface area contributed by atoms with Crippen LogP contribution in [0.15, 0.2) is 24.3 Å². The number of nitrogens with one attached hydrogen (secondary N) is 2. The summed E-state index contributed by atoms with van der Waals surface area (Å²) >= 11 is 0. The predicted molar refractivity (Wildman–Crippen MR) is 80.6 cm³/mol. The van der Waals surface area contributed by atoms with E-state index in [0.717, 1.165) is 44.3 Å². The molecule has 2 rings (SSSR count). The lowest BCUT2D eigenvalue weighted by Crippen LogP contribution is -2.16. The minimum absolute atomic E-state index is 0.0397. The third-order valence-electron chi connectivity index (χ3n) is 3.30. The van der Waals surface area contributed by atoms with Gasteiger partial charge in [0.05, 0.1) is 0 Å². The molecular formula is C16H24N2O2. The highest BCUT2D eigenvalue weighted by molar-refractivity contribution is 5.88. The van der Waals surface area contributed by atoms with Gasteiger partial charge in [-0.3, -0.25) is 4.79 Å². The zero-order valence-electron chi connectivity index (χ0n) is 12.2. The van der Waals surface area contributed by atoms with E-state index in [4.69, 9.17) is 4.74 Å². The molecule has 110 valence electrons. The molecule has 0 spiro atoms. The number of anilines is 1. The Hall–Kier alpha value is -1.39. The summed E-state index contributed by atoms with van der Waals surface area (Å²) in [5.41, 5.74) is 2.06. The van der Waals surface area contributed by atoms with Gasteiger partial charge in [-0.1, -0.05) is 12.1 Å². The fourth-order valence-corrected chi connectivity index (χ4v) is 1.98. The third kappa shape index (κ3) is 6.17. The number of carbonyl (C=O) groups is 1. The number of hydrogen-bond donors (Lipinski definition) is 2. The van der Waals surface area contributed by atoms with Gasteiger partial charge >= 0.3 is 0 Å². The quantitative estimate of drug-likeness (QED) is 0.682. The van der Waals surface area contributed by atoms with E-state index in [1.54, 1.807) is 0 Å². The SMILES string of the molecule is CC(=O)Nc1ccc(CNCCCOCC2CC2)cc1. The van der Waals surface area contributed by atoms with E-state index in [0.29, 0.717) is 0 Å². The lowest BCUT2D eigenvalue weighted by atomic mass is 10.2. The van der Waals surface area contributed by atoms with E-state index in [-0.39, 0.29) is 5.91 Å². The van der Waals surface area contributed by atoms with Crippen molar-refractivity contribution in [1.82, 2.24) is 5.32 Å². The van der Waals surface area contributed by atoms with E-state index >= 15 is 0 Å². The van der Waals surface area contributed by atoms with E-state index in [1.165, 1.54) is 25.3 Å². The zero-order chi connectivity index (χ0) is 14.2. The van der Waals surface area contributed by atoms with Gasteiger partial charge in [0.25, 0.3) is 0 Å². The maximum Gasteiger partial charge on any atom is 0.221 e. The first-order chi connectivity index (χ1) is 9.74. The molecule has 0 bridgehead atoms. The van der Waals surface area contributed by atoms with Crippen LogP contribution in [-0.4, -0.2) is 25.7 Å². The van der Waals surface area contributed by atoms with Crippen LogP contribution in [0.25, 0.3) is 0 Å². The fourth-order valence-electron chi connectivity index (χ4n) is 1.98. The Morgan fingerprint density at radius 2 is 2.05 bits per heavy atom. The van der Waals surface area contributed by atoms with Crippen LogP contribution in [0.2, 0.25) is 0 Å². The second kappa shape index (κ2) is 8.02. The molecule has 1 aliphatic rings. The Morgan fingerprint density at radius 1 is 1.30 bits per heavy atom. The minimum Gasteiger partial charge on any atom is -0.381 e. The largest absolute Gasteiger partial charge is 0.381 e. The number of ether oxygens (including phenoxy) is 1. The second-order valence-electron chi connectivity index (χ2n) is 5.43. The third-order valence-corrected chi connectivity index (χ3v) is 3.30. The van der Waals surface area contributed by atoms with E-state index < -0.39 is 0 Å². The predicted octanol–water partition coefficient (Wildman–Crippen LogP) is 2.55. The van der Waals surface area contributed by atoms with Crippen molar-refractivity contribution in [3.63, 3.8) is 0 Å². The smallest absolute Gasteiger partial charge is 0.221 e. The van der Waals surface area contributed by atoms with Crippen LogP contribution in [0.1, 0.15) is 31.7 Å². The van der Waals surface area contributed by atoms with Crippen molar-refractivity contribution in [3.05, 3.63) is 29.8 Å². The summed E-state index contributed by atoms with van der Waals surface area (Å²) in [5, 5.41) is 6.16. The summed E-state index contributed by atoms with van der Waals surface area (Å²) in [4.78, 5) is 10.9. The van der Waals surface area contributed by atoms with Gasteiger partial charge in [0, 0.05) is 32.4 Å². The molecule has 1 aromatic rings. The number of amides is 1. The lowest BCUT2D eigenvalue weighted by molar-refractivity contribution is -0.114. The molecule has 1 saturated carbocycles. The van der Waals surface area contributed by atoms with Crippen LogP contribution in [0.5, 0.6) is 0 Å². The van der Waals surface area contributed by atoms with Gasteiger partial charge in [0.1, 0.15) is 0 Å². The summed E-state index contributed by atoms with van der Waals surface area (Å²) in [6, 6.07) is 7.91. The molecule has 1 amide bonds. The molecule has 0 unspecified atom stereocenters. The average molecular weight is 276 g/mol. The molecule has 1 fully saturated rings. The molecule has 4 heteroatoms. The molecule has 2 N–H and O–H groups in total. The Kier molecular flexibility index (Phi) is 6.02. The summed E-state index contributed by atoms with van der Waals surface area (Å²) in [7, 11) is 0. The van der Waals surface area contributed by atoms with Crippen LogP contribution in [0.4, 0.5) is 5.69 Å². The molecule has 0 saturated heterocycles. The second-order valence-corrected chi connectivity index (χ2v) is 5.43. The van der Waals surface area contributed by atoms with Gasteiger partial charge in [0.15, 0.2) is 0 Å². The van der Waals surface area contributed by atoms with E-state index in [1.807, 2.05) is 24.3 Å².